The smallest absolute Gasteiger partial charge is 0.231 e. The second-order valence-corrected chi connectivity index (χ2v) is 8.93. The van der Waals surface area contributed by atoms with Gasteiger partial charge in [0, 0.05) is 19.3 Å². The van der Waals surface area contributed by atoms with Crippen molar-refractivity contribution in [3.05, 3.63) is 54.3 Å². The van der Waals surface area contributed by atoms with Gasteiger partial charge in [0.25, 0.3) is 0 Å². The van der Waals surface area contributed by atoms with Crippen molar-refractivity contribution in [1.82, 2.24) is 15.0 Å². The van der Waals surface area contributed by atoms with Crippen LogP contribution in [0.15, 0.2) is 54.3 Å². The van der Waals surface area contributed by atoms with Crippen LogP contribution in [0.1, 0.15) is 12.8 Å². The largest absolute Gasteiger partial charge is 0.355 e. The Hall–Kier alpha value is -2.84. The van der Waals surface area contributed by atoms with Gasteiger partial charge in [-0.15, -0.1) is 11.3 Å². The van der Waals surface area contributed by atoms with E-state index in [4.69, 9.17) is 0 Å². The monoisotopic (exact) mass is 421 g/mol. The number of amides is 1. The summed E-state index contributed by atoms with van der Waals surface area (Å²) in [4.78, 5) is 30.4. The fraction of sp³-hybridized carbons (Fsp3) is 0.238. The number of aromatic nitrogens is 3. The first-order valence-electron chi connectivity index (χ1n) is 9.53. The molecule has 1 N–H and O–H groups in total. The summed E-state index contributed by atoms with van der Waals surface area (Å²) >= 11 is 3.11. The van der Waals surface area contributed by atoms with E-state index in [0.717, 1.165) is 45.9 Å². The third-order valence-electron chi connectivity index (χ3n) is 5.13. The van der Waals surface area contributed by atoms with Gasteiger partial charge < -0.3 is 10.2 Å². The Kier molecular flexibility index (Phi) is 4.95. The molecule has 4 aromatic rings. The molecule has 1 aliphatic rings. The number of nitrogens with one attached hydrogen (secondary N) is 1. The lowest BCUT2D eigenvalue weighted by Gasteiger charge is -2.32. The molecule has 1 atom stereocenters. The van der Waals surface area contributed by atoms with Crippen molar-refractivity contribution in [3.63, 3.8) is 0 Å². The van der Waals surface area contributed by atoms with Crippen molar-refractivity contribution in [2.45, 2.75) is 12.8 Å². The number of fused-ring (bicyclic) bond motifs is 1. The van der Waals surface area contributed by atoms with Crippen LogP contribution in [-0.2, 0) is 4.79 Å². The van der Waals surface area contributed by atoms with Crippen LogP contribution in [0, 0.1) is 5.92 Å². The van der Waals surface area contributed by atoms with Crippen LogP contribution in [0.4, 0.5) is 10.9 Å². The minimum Gasteiger partial charge on any atom is -0.355 e. The summed E-state index contributed by atoms with van der Waals surface area (Å²) < 4.78 is 0. The number of thiazole rings is 1. The molecule has 0 bridgehead atoms. The summed E-state index contributed by atoms with van der Waals surface area (Å²) in [5, 5.41) is 6.76. The van der Waals surface area contributed by atoms with Gasteiger partial charge in [-0.25, -0.2) is 15.0 Å². The molecule has 146 valence electrons. The van der Waals surface area contributed by atoms with E-state index in [2.05, 4.69) is 31.2 Å². The van der Waals surface area contributed by atoms with Crippen LogP contribution < -0.4 is 10.2 Å². The topological polar surface area (TPSA) is 71.0 Å². The highest BCUT2D eigenvalue weighted by atomic mass is 32.1. The van der Waals surface area contributed by atoms with Gasteiger partial charge in [0.05, 0.1) is 16.2 Å². The zero-order valence-electron chi connectivity index (χ0n) is 15.6. The lowest BCUT2D eigenvalue weighted by atomic mass is 9.97. The average Bonchev–Trinajstić information content (AvgIpc) is 3.44. The minimum atomic E-state index is -0.0866. The maximum atomic E-state index is 12.9. The molecule has 1 aromatic carbocycles. The number of nitrogens with zero attached hydrogens (tertiary/aromatic N) is 4. The molecule has 5 rings (SSSR count). The molecule has 0 saturated carbocycles. The standard InChI is InChI=1S/C21H19N5OS2/c27-19(25-21-22-11-17(29-21)14-5-2-1-3-6-14)15-7-4-9-26(12-15)18-16-8-10-28-20(16)24-13-23-18/h1-3,5-6,8,10-11,13,15H,4,7,9,12H2,(H,22,25,27). The number of rotatable bonds is 4. The first-order valence-corrected chi connectivity index (χ1v) is 11.2. The van der Waals surface area contributed by atoms with Crippen LogP contribution in [0.25, 0.3) is 20.7 Å². The molecule has 0 spiro atoms. The van der Waals surface area contributed by atoms with Gasteiger partial charge in [0.1, 0.15) is 17.0 Å². The highest BCUT2D eigenvalue weighted by Crippen LogP contribution is 2.32. The number of hydrogen-bond acceptors (Lipinski definition) is 7. The van der Waals surface area contributed by atoms with Crippen molar-refractivity contribution in [2.75, 3.05) is 23.3 Å². The molecule has 0 aliphatic carbocycles. The maximum Gasteiger partial charge on any atom is 0.231 e. The molecular formula is C21H19N5OS2. The van der Waals surface area contributed by atoms with Gasteiger partial charge in [0.2, 0.25) is 5.91 Å². The van der Waals surface area contributed by atoms with E-state index in [-0.39, 0.29) is 11.8 Å². The summed E-state index contributed by atoms with van der Waals surface area (Å²) in [6, 6.07) is 12.1. The summed E-state index contributed by atoms with van der Waals surface area (Å²) in [6.45, 7) is 1.56. The quantitative estimate of drug-likeness (QED) is 0.518. The van der Waals surface area contributed by atoms with Gasteiger partial charge in [0.15, 0.2) is 5.13 Å². The lowest BCUT2D eigenvalue weighted by molar-refractivity contribution is -0.120. The summed E-state index contributed by atoms with van der Waals surface area (Å²) in [5.41, 5.74) is 1.11. The van der Waals surface area contributed by atoms with Gasteiger partial charge in [-0.2, -0.15) is 0 Å². The predicted octanol–water partition coefficient (Wildman–Crippen LogP) is 4.67. The molecule has 4 heterocycles. The Labute approximate surface area is 176 Å². The van der Waals surface area contributed by atoms with Gasteiger partial charge >= 0.3 is 0 Å². The number of piperidine rings is 1. The Morgan fingerprint density at radius 1 is 1.14 bits per heavy atom. The maximum absolute atomic E-state index is 12.9. The Morgan fingerprint density at radius 3 is 2.93 bits per heavy atom. The van der Waals surface area contributed by atoms with Gasteiger partial charge in [-0.1, -0.05) is 41.7 Å². The number of thiophene rings is 1. The van der Waals surface area contributed by atoms with Crippen LogP contribution >= 0.6 is 22.7 Å². The first kappa shape index (κ1) is 18.2. The Bertz CT molecular complexity index is 1140. The molecular weight excluding hydrogens is 402 g/mol. The fourth-order valence-electron chi connectivity index (χ4n) is 3.69. The third-order valence-corrected chi connectivity index (χ3v) is 6.91. The van der Waals surface area contributed by atoms with Gasteiger partial charge in [-0.3, -0.25) is 4.79 Å². The van der Waals surface area contributed by atoms with Crippen molar-refractivity contribution in [1.29, 1.82) is 0 Å². The molecule has 0 radical (unpaired) electrons. The van der Waals surface area contributed by atoms with Crippen molar-refractivity contribution in [2.24, 2.45) is 5.92 Å². The van der Waals surface area contributed by atoms with E-state index in [1.807, 2.05) is 41.9 Å². The number of carbonyl (C=O) groups is 1. The second-order valence-electron chi connectivity index (χ2n) is 7.01. The van der Waals surface area contributed by atoms with E-state index in [0.29, 0.717) is 11.7 Å². The summed E-state index contributed by atoms with van der Waals surface area (Å²) in [6.07, 6.45) is 5.26. The van der Waals surface area contributed by atoms with Crippen LogP contribution in [-0.4, -0.2) is 33.9 Å². The van der Waals surface area contributed by atoms with E-state index < -0.39 is 0 Å². The summed E-state index contributed by atoms with van der Waals surface area (Å²) in [7, 11) is 0. The van der Waals surface area contributed by atoms with E-state index >= 15 is 0 Å². The molecule has 8 heteroatoms. The van der Waals surface area contributed by atoms with E-state index in [1.165, 1.54) is 11.3 Å². The molecule has 1 unspecified atom stereocenters. The molecule has 1 saturated heterocycles. The Balaban J connectivity index is 1.29. The molecule has 1 aliphatic heterocycles. The molecule has 6 nitrogen and oxygen atoms in total. The number of hydrogen-bond donors (Lipinski definition) is 1. The first-order chi connectivity index (χ1) is 14.3. The summed E-state index contributed by atoms with van der Waals surface area (Å²) in [5.74, 6) is 0.866. The normalized spacial score (nSPS) is 16.8. The lowest BCUT2D eigenvalue weighted by Crippen LogP contribution is -2.41. The molecule has 29 heavy (non-hydrogen) atoms. The molecule has 1 fully saturated rings. The van der Waals surface area contributed by atoms with Crippen molar-refractivity contribution in [3.8, 4) is 10.4 Å². The van der Waals surface area contributed by atoms with Crippen molar-refractivity contribution < 1.29 is 4.79 Å². The van der Waals surface area contributed by atoms with Crippen molar-refractivity contribution >= 4 is 49.7 Å². The fourth-order valence-corrected chi connectivity index (χ4v) is 5.24. The van der Waals surface area contributed by atoms with Crippen LogP contribution in [0.2, 0.25) is 0 Å². The highest BCUT2D eigenvalue weighted by molar-refractivity contribution is 7.19. The number of benzene rings is 1. The van der Waals surface area contributed by atoms with Crippen LogP contribution in [0.3, 0.4) is 0 Å². The SMILES string of the molecule is O=C(Nc1ncc(-c2ccccc2)s1)C1CCCN(c2ncnc3sccc23)C1. The number of anilines is 2. The third kappa shape index (κ3) is 3.73. The molecule has 1 amide bonds. The highest BCUT2D eigenvalue weighted by Gasteiger charge is 2.28. The zero-order valence-corrected chi connectivity index (χ0v) is 17.2. The van der Waals surface area contributed by atoms with Gasteiger partial charge in [-0.05, 0) is 29.9 Å². The average molecular weight is 422 g/mol. The van der Waals surface area contributed by atoms with E-state index in [9.17, 15) is 4.79 Å². The molecule has 3 aromatic heterocycles. The van der Waals surface area contributed by atoms with Crippen LogP contribution in [0.5, 0.6) is 0 Å². The predicted molar refractivity (Wildman–Crippen MR) is 119 cm³/mol. The Morgan fingerprint density at radius 2 is 2.03 bits per heavy atom. The second kappa shape index (κ2) is 7.88. The van der Waals surface area contributed by atoms with E-state index in [1.54, 1.807) is 17.7 Å². The zero-order chi connectivity index (χ0) is 19.6. The minimum absolute atomic E-state index is 0.0271. The number of carbonyl (C=O) groups excluding carboxylic acids is 1.